The van der Waals surface area contributed by atoms with E-state index in [0.717, 1.165) is 15.1 Å². The van der Waals surface area contributed by atoms with Crippen LogP contribution in [0, 0.1) is 0 Å². The summed E-state index contributed by atoms with van der Waals surface area (Å²) in [5.74, 6) is 1.35. The zero-order valence-corrected chi connectivity index (χ0v) is 19.0. The number of hydrogen-bond acceptors (Lipinski definition) is 8. The predicted octanol–water partition coefficient (Wildman–Crippen LogP) is 5.56. The van der Waals surface area contributed by atoms with E-state index in [-0.39, 0.29) is 12.1 Å². The fourth-order valence-corrected chi connectivity index (χ4v) is 5.24. The first kappa shape index (κ1) is 21.7. The van der Waals surface area contributed by atoms with Gasteiger partial charge < -0.3 is 19.5 Å². The van der Waals surface area contributed by atoms with E-state index in [9.17, 15) is 0 Å². The summed E-state index contributed by atoms with van der Waals surface area (Å²) in [7, 11) is 3.07. The third kappa shape index (κ3) is 4.30. The molecule has 9 nitrogen and oxygen atoms in total. The molecule has 12 heteroatoms. The van der Waals surface area contributed by atoms with Crippen molar-refractivity contribution in [2.24, 2.45) is 5.11 Å². The van der Waals surface area contributed by atoms with Crippen molar-refractivity contribution in [1.82, 2.24) is 9.97 Å². The largest absolute Gasteiger partial charge is 0.495 e. The molecule has 0 radical (unpaired) electrons. The highest BCUT2D eigenvalue weighted by Crippen LogP contribution is 2.48. The summed E-state index contributed by atoms with van der Waals surface area (Å²) < 4.78 is 16.2. The second kappa shape index (κ2) is 9.33. The molecule has 1 aliphatic rings. The van der Waals surface area contributed by atoms with E-state index in [2.05, 4.69) is 25.3 Å². The number of aromatic nitrogens is 2. The number of thiophene rings is 1. The standard InChI is InChI=1S/C19H18Cl2N6O3S/c1-28-12-6-13(29-2)17(21)15(16(12)20)14-5-9-7-23-19(25-18(9)31-14)24-11-8-30-4-3-10(11)26-27-22/h5-7,10-11H,3-4,8H2,1-2H3,(H,23,24,25)/t10-,11+/m0/s1. The van der Waals surface area contributed by atoms with Crippen molar-refractivity contribution in [3.8, 4) is 21.9 Å². The number of nitrogens with one attached hydrogen (secondary N) is 1. The highest BCUT2D eigenvalue weighted by molar-refractivity contribution is 7.22. The number of nitrogens with zero attached hydrogens (tertiary/aromatic N) is 5. The van der Waals surface area contributed by atoms with Gasteiger partial charge in [0.2, 0.25) is 5.95 Å². The van der Waals surface area contributed by atoms with Crippen molar-refractivity contribution in [3.05, 3.63) is 38.8 Å². The summed E-state index contributed by atoms with van der Waals surface area (Å²) in [4.78, 5) is 13.5. The average Bonchev–Trinajstić information content (AvgIpc) is 3.18. The highest BCUT2D eigenvalue weighted by atomic mass is 35.5. The second-order valence-corrected chi connectivity index (χ2v) is 8.52. The molecule has 1 saturated heterocycles. The fraction of sp³-hybridized carbons (Fsp3) is 0.368. The van der Waals surface area contributed by atoms with Crippen molar-refractivity contribution in [1.29, 1.82) is 0 Å². The van der Waals surface area contributed by atoms with Gasteiger partial charge in [0.25, 0.3) is 0 Å². The molecule has 3 aromatic rings. The molecule has 3 heterocycles. The molecular weight excluding hydrogens is 463 g/mol. The molecule has 1 aliphatic heterocycles. The molecule has 0 bridgehead atoms. The van der Waals surface area contributed by atoms with Crippen LogP contribution in [0.5, 0.6) is 11.5 Å². The first-order chi connectivity index (χ1) is 15.0. The van der Waals surface area contributed by atoms with E-state index in [1.807, 2.05) is 6.07 Å². The topological polar surface area (TPSA) is 114 Å². The molecule has 0 amide bonds. The Morgan fingerprint density at radius 1 is 1.26 bits per heavy atom. The molecule has 0 spiro atoms. The minimum absolute atomic E-state index is 0.201. The van der Waals surface area contributed by atoms with Crippen LogP contribution in [-0.4, -0.2) is 49.5 Å². The predicted molar refractivity (Wildman–Crippen MR) is 122 cm³/mol. The lowest BCUT2D eigenvalue weighted by molar-refractivity contribution is 0.0767. The quantitative estimate of drug-likeness (QED) is 0.280. The number of halogens is 2. The summed E-state index contributed by atoms with van der Waals surface area (Å²) in [6.07, 6.45) is 2.36. The lowest BCUT2D eigenvalue weighted by atomic mass is 10.1. The second-order valence-electron chi connectivity index (χ2n) is 6.74. The molecule has 0 saturated carbocycles. The molecular formula is C19H18Cl2N6O3S. The van der Waals surface area contributed by atoms with Gasteiger partial charge in [0.1, 0.15) is 16.3 Å². The van der Waals surface area contributed by atoms with Crippen LogP contribution in [0.1, 0.15) is 6.42 Å². The lowest BCUT2D eigenvalue weighted by Gasteiger charge is -2.28. The zero-order valence-electron chi connectivity index (χ0n) is 16.6. The first-order valence-corrected chi connectivity index (χ1v) is 10.9. The van der Waals surface area contributed by atoms with Crippen molar-refractivity contribution >= 4 is 50.7 Å². The summed E-state index contributed by atoms with van der Waals surface area (Å²) >= 11 is 14.5. The van der Waals surface area contributed by atoms with Crippen molar-refractivity contribution < 1.29 is 14.2 Å². The Morgan fingerprint density at radius 3 is 2.68 bits per heavy atom. The molecule has 1 aromatic carbocycles. The molecule has 31 heavy (non-hydrogen) atoms. The van der Waals surface area contributed by atoms with Gasteiger partial charge in [0.15, 0.2) is 0 Å². The highest BCUT2D eigenvalue weighted by Gasteiger charge is 2.26. The monoisotopic (exact) mass is 480 g/mol. The smallest absolute Gasteiger partial charge is 0.224 e. The summed E-state index contributed by atoms with van der Waals surface area (Å²) in [5.41, 5.74) is 9.41. The van der Waals surface area contributed by atoms with E-state index < -0.39 is 0 Å². The Bertz CT molecular complexity index is 1140. The van der Waals surface area contributed by atoms with Gasteiger partial charge in [-0.3, -0.25) is 0 Å². The summed E-state index contributed by atoms with van der Waals surface area (Å²) in [6.45, 7) is 0.969. The number of azide groups is 1. The number of ether oxygens (including phenoxy) is 3. The first-order valence-electron chi connectivity index (χ1n) is 9.31. The maximum absolute atomic E-state index is 8.79. The normalized spacial score (nSPS) is 18.5. The number of rotatable bonds is 6. The number of methoxy groups -OCH3 is 2. The van der Waals surface area contributed by atoms with Crippen LogP contribution in [-0.2, 0) is 4.74 Å². The number of anilines is 1. The number of benzene rings is 1. The average molecular weight is 481 g/mol. The van der Waals surface area contributed by atoms with Crippen LogP contribution in [0.15, 0.2) is 23.4 Å². The van der Waals surface area contributed by atoms with Gasteiger partial charge in [0, 0.05) is 39.6 Å². The van der Waals surface area contributed by atoms with Gasteiger partial charge in [-0.05, 0) is 18.0 Å². The molecule has 0 aliphatic carbocycles. The van der Waals surface area contributed by atoms with Crippen molar-refractivity contribution in [3.63, 3.8) is 0 Å². The van der Waals surface area contributed by atoms with Gasteiger partial charge in [0.05, 0.1) is 43.0 Å². The van der Waals surface area contributed by atoms with E-state index in [1.165, 1.54) is 25.6 Å². The van der Waals surface area contributed by atoms with Crippen LogP contribution in [0.25, 0.3) is 31.1 Å². The van der Waals surface area contributed by atoms with Crippen LogP contribution in [0.4, 0.5) is 5.95 Å². The van der Waals surface area contributed by atoms with Gasteiger partial charge in [-0.25, -0.2) is 9.97 Å². The van der Waals surface area contributed by atoms with Crippen LogP contribution in [0.3, 0.4) is 0 Å². The maximum Gasteiger partial charge on any atom is 0.224 e. The van der Waals surface area contributed by atoms with E-state index >= 15 is 0 Å². The third-order valence-corrected chi connectivity index (χ3v) is 6.74. The van der Waals surface area contributed by atoms with Gasteiger partial charge >= 0.3 is 0 Å². The van der Waals surface area contributed by atoms with Crippen LogP contribution < -0.4 is 14.8 Å². The van der Waals surface area contributed by atoms with Crippen molar-refractivity contribution in [2.45, 2.75) is 18.5 Å². The minimum atomic E-state index is -0.223. The Labute approximate surface area is 191 Å². The number of fused-ring (bicyclic) bond motifs is 1. The zero-order chi connectivity index (χ0) is 22.0. The maximum atomic E-state index is 8.79. The van der Waals surface area contributed by atoms with Crippen LogP contribution in [0.2, 0.25) is 10.0 Å². The molecule has 162 valence electrons. The molecule has 2 aromatic heterocycles. The molecule has 0 unspecified atom stereocenters. The van der Waals surface area contributed by atoms with Gasteiger partial charge in [-0.2, -0.15) is 0 Å². The lowest BCUT2D eigenvalue weighted by Crippen LogP contribution is -2.41. The third-order valence-electron chi connectivity index (χ3n) is 4.93. The Hall–Kier alpha value is -2.49. The number of hydrogen-bond donors (Lipinski definition) is 1. The molecule has 1 N–H and O–H groups in total. The Balaban J connectivity index is 1.70. The molecule has 4 rings (SSSR count). The molecule has 2 atom stereocenters. The summed E-state index contributed by atoms with van der Waals surface area (Å²) in [5, 5.41) is 8.69. The molecule has 1 fully saturated rings. The van der Waals surface area contributed by atoms with E-state index in [4.69, 9.17) is 42.9 Å². The Kier molecular flexibility index (Phi) is 6.54. The summed E-state index contributed by atoms with van der Waals surface area (Å²) in [6, 6.07) is 3.14. The van der Waals surface area contributed by atoms with Crippen molar-refractivity contribution in [2.75, 3.05) is 32.8 Å². The van der Waals surface area contributed by atoms with E-state index in [0.29, 0.717) is 52.7 Å². The SMILES string of the molecule is COc1cc(OC)c(Cl)c(-c2cc3cnc(N[C@@H]4COCC[C@@H]4N=[N+]=[N-])nc3s2)c1Cl. The van der Waals surface area contributed by atoms with Gasteiger partial charge in [-0.15, -0.1) is 11.3 Å². The van der Waals surface area contributed by atoms with Gasteiger partial charge in [-0.1, -0.05) is 28.3 Å². The van der Waals surface area contributed by atoms with Crippen LogP contribution >= 0.6 is 34.5 Å². The minimum Gasteiger partial charge on any atom is -0.495 e. The van der Waals surface area contributed by atoms with E-state index in [1.54, 1.807) is 12.3 Å². The fourth-order valence-electron chi connectivity index (χ4n) is 3.36. The Morgan fingerprint density at radius 2 is 2.00 bits per heavy atom.